The molecule has 0 radical (unpaired) electrons. The Morgan fingerprint density at radius 3 is 2.16 bits per heavy atom. The number of ether oxygens (including phenoxy) is 2. The summed E-state index contributed by atoms with van der Waals surface area (Å²) in [5.74, 6) is -1.42. The first kappa shape index (κ1) is 17.2. The second-order valence-electron chi connectivity index (χ2n) is 5.11. The van der Waals surface area contributed by atoms with Gasteiger partial charge in [-0.25, -0.2) is 9.59 Å². The van der Waals surface area contributed by atoms with Gasteiger partial charge in [-0.3, -0.25) is 4.79 Å². The normalized spacial score (nSPS) is 12.9. The molecule has 0 rings (SSSR count). The number of hydrogen-bond acceptors (Lipinski definition) is 5. The van der Waals surface area contributed by atoms with Crippen molar-refractivity contribution in [2.75, 3.05) is 13.7 Å². The summed E-state index contributed by atoms with van der Waals surface area (Å²) in [6, 6.07) is -0.304. The van der Waals surface area contributed by atoms with Crippen LogP contribution in [0.2, 0.25) is 0 Å². The molecule has 0 bridgehead atoms. The van der Waals surface area contributed by atoms with Gasteiger partial charge in [-0.05, 0) is 6.92 Å². The second-order valence-corrected chi connectivity index (χ2v) is 5.11. The Balaban J connectivity index is 4.07. The number of esters is 2. The summed E-state index contributed by atoms with van der Waals surface area (Å²) in [6.07, 6.45) is 1.95. The van der Waals surface area contributed by atoms with Gasteiger partial charge in [-0.1, -0.05) is 20.8 Å². The van der Waals surface area contributed by atoms with E-state index in [2.05, 4.69) is 10.1 Å². The average molecular weight is 271 g/mol. The van der Waals surface area contributed by atoms with Gasteiger partial charge < -0.3 is 14.8 Å². The van der Waals surface area contributed by atoms with Gasteiger partial charge in [-0.15, -0.1) is 0 Å². The van der Waals surface area contributed by atoms with E-state index in [9.17, 15) is 14.4 Å². The summed E-state index contributed by atoms with van der Waals surface area (Å²) in [7, 11) is 1.21. The predicted octanol–water partition coefficient (Wildman–Crippen LogP) is 0.810. The van der Waals surface area contributed by atoms with Gasteiger partial charge in [0, 0.05) is 17.6 Å². The molecule has 0 aliphatic rings. The molecule has 6 nitrogen and oxygen atoms in total. The van der Waals surface area contributed by atoms with Crippen molar-refractivity contribution in [2.24, 2.45) is 5.41 Å². The van der Waals surface area contributed by atoms with E-state index in [-0.39, 0.29) is 18.6 Å². The third-order valence-electron chi connectivity index (χ3n) is 2.09. The van der Waals surface area contributed by atoms with Crippen molar-refractivity contribution in [2.45, 2.75) is 33.7 Å². The Labute approximate surface area is 113 Å². The SMILES string of the molecule is COC(=O)/C=C/C(=O)OCC(C)NC(=O)C(C)(C)C. The summed E-state index contributed by atoms with van der Waals surface area (Å²) in [4.78, 5) is 33.6. The van der Waals surface area contributed by atoms with E-state index in [4.69, 9.17) is 4.74 Å². The molecule has 0 aliphatic heterocycles. The predicted molar refractivity (Wildman–Crippen MR) is 69.2 cm³/mol. The Hall–Kier alpha value is -1.85. The van der Waals surface area contributed by atoms with Crippen molar-refractivity contribution < 1.29 is 23.9 Å². The summed E-state index contributed by atoms with van der Waals surface area (Å²) < 4.78 is 9.19. The first-order valence-corrected chi connectivity index (χ1v) is 5.90. The van der Waals surface area contributed by atoms with E-state index in [0.29, 0.717) is 0 Å². The van der Waals surface area contributed by atoms with Crippen LogP contribution in [0.15, 0.2) is 12.2 Å². The van der Waals surface area contributed by atoms with Gasteiger partial charge in [0.25, 0.3) is 0 Å². The van der Waals surface area contributed by atoms with Crippen LogP contribution in [0.25, 0.3) is 0 Å². The van der Waals surface area contributed by atoms with Crippen LogP contribution < -0.4 is 5.32 Å². The molecule has 0 fully saturated rings. The summed E-state index contributed by atoms with van der Waals surface area (Å²) in [5, 5.41) is 2.72. The highest BCUT2D eigenvalue weighted by Gasteiger charge is 2.22. The lowest BCUT2D eigenvalue weighted by Gasteiger charge is -2.21. The maximum atomic E-state index is 11.6. The Kier molecular flexibility index (Phi) is 6.82. The smallest absolute Gasteiger partial charge is 0.331 e. The molecular formula is C13H21NO5. The monoisotopic (exact) mass is 271 g/mol. The molecule has 0 aromatic rings. The third kappa shape index (κ3) is 7.96. The van der Waals surface area contributed by atoms with Crippen molar-refractivity contribution in [1.82, 2.24) is 5.32 Å². The summed E-state index contributed by atoms with van der Waals surface area (Å²) >= 11 is 0. The fourth-order valence-corrected chi connectivity index (χ4v) is 0.941. The number of amides is 1. The Morgan fingerprint density at radius 1 is 1.16 bits per heavy atom. The molecule has 1 N–H and O–H groups in total. The zero-order valence-electron chi connectivity index (χ0n) is 12.0. The molecule has 0 saturated carbocycles. The highest BCUT2D eigenvalue weighted by molar-refractivity contribution is 5.91. The summed E-state index contributed by atoms with van der Waals surface area (Å²) in [6.45, 7) is 7.13. The average Bonchev–Trinajstić information content (AvgIpc) is 2.32. The van der Waals surface area contributed by atoms with Gasteiger partial charge in [-0.2, -0.15) is 0 Å². The molecule has 0 aromatic carbocycles. The lowest BCUT2D eigenvalue weighted by Crippen LogP contribution is -2.42. The molecule has 1 amide bonds. The summed E-state index contributed by atoms with van der Waals surface area (Å²) in [5.41, 5.74) is -0.497. The molecule has 0 aromatic heterocycles. The molecule has 0 spiro atoms. The molecule has 0 heterocycles. The number of nitrogens with one attached hydrogen (secondary N) is 1. The van der Waals surface area contributed by atoms with Crippen LogP contribution in [0.4, 0.5) is 0 Å². The number of carbonyl (C=O) groups is 3. The minimum absolute atomic E-state index is 0.0339. The fourth-order valence-electron chi connectivity index (χ4n) is 0.941. The third-order valence-corrected chi connectivity index (χ3v) is 2.09. The van der Waals surface area contributed by atoms with Crippen LogP contribution in [-0.2, 0) is 23.9 Å². The number of rotatable bonds is 5. The largest absolute Gasteiger partial charge is 0.466 e. The maximum Gasteiger partial charge on any atom is 0.331 e. The van der Waals surface area contributed by atoms with E-state index in [1.54, 1.807) is 27.7 Å². The van der Waals surface area contributed by atoms with Gasteiger partial charge in [0.2, 0.25) is 5.91 Å². The van der Waals surface area contributed by atoms with E-state index in [0.717, 1.165) is 12.2 Å². The zero-order valence-corrected chi connectivity index (χ0v) is 12.0. The minimum Gasteiger partial charge on any atom is -0.466 e. The standard InChI is InChI=1S/C13H21NO5/c1-9(14-12(17)13(2,3)4)8-19-11(16)7-6-10(15)18-5/h6-7,9H,8H2,1-5H3,(H,14,17)/b7-6+. The van der Waals surface area contributed by atoms with Crippen molar-refractivity contribution >= 4 is 17.8 Å². The Bertz CT molecular complexity index is 368. The van der Waals surface area contributed by atoms with Gasteiger partial charge in [0.05, 0.1) is 13.2 Å². The highest BCUT2D eigenvalue weighted by Crippen LogP contribution is 2.12. The van der Waals surface area contributed by atoms with E-state index in [1.165, 1.54) is 7.11 Å². The number of carbonyl (C=O) groups excluding carboxylic acids is 3. The number of methoxy groups -OCH3 is 1. The van der Waals surface area contributed by atoms with Crippen molar-refractivity contribution in [1.29, 1.82) is 0 Å². The maximum absolute atomic E-state index is 11.6. The first-order chi connectivity index (χ1) is 8.66. The quantitative estimate of drug-likeness (QED) is 0.591. The minimum atomic E-state index is -0.665. The van der Waals surface area contributed by atoms with Gasteiger partial charge >= 0.3 is 11.9 Å². The molecule has 0 aliphatic carbocycles. The van der Waals surface area contributed by atoms with Crippen LogP contribution in [0.5, 0.6) is 0 Å². The van der Waals surface area contributed by atoms with Crippen molar-refractivity contribution in [3.63, 3.8) is 0 Å². The van der Waals surface area contributed by atoms with Crippen molar-refractivity contribution in [3.8, 4) is 0 Å². The molecule has 0 saturated heterocycles. The topological polar surface area (TPSA) is 81.7 Å². The van der Waals surface area contributed by atoms with Crippen LogP contribution in [0.1, 0.15) is 27.7 Å². The zero-order chi connectivity index (χ0) is 15.1. The van der Waals surface area contributed by atoms with Crippen LogP contribution in [0, 0.1) is 5.41 Å². The van der Waals surface area contributed by atoms with Crippen LogP contribution in [-0.4, -0.2) is 37.6 Å². The fraction of sp³-hybridized carbons (Fsp3) is 0.615. The Morgan fingerprint density at radius 2 is 1.68 bits per heavy atom. The second kappa shape index (κ2) is 7.56. The van der Waals surface area contributed by atoms with Gasteiger partial charge in [0.15, 0.2) is 0 Å². The van der Waals surface area contributed by atoms with Crippen LogP contribution in [0.3, 0.4) is 0 Å². The highest BCUT2D eigenvalue weighted by atomic mass is 16.5. The molecule has 19 heavy (non-hydrogen) atoms. The lowest BCUT2D eigenvalue weighted by molar-refractivity contribution is -0.140. The van der Waals surface area contributed by atoms with E-state index < -0.39 is 17.4 Å². The lowest BCUT2D eigenvalue weighted by atomic mass is 9.95. The molecule has 1 atom stereocenters. The van der Waals surface area contributed by atoms with Crippen molar-refractivity contribution in [3.05, 3.63) is 12.2 Å². The molecular weight excluding hydrogens is 250 g/mol. The van der Waals surface area contributed by atoms with Gasteiger partial charge in [0.1, 0.15) is 6.61 Å². The molecule has 1 unspecified atom stereocenters. The van der Waals surface area contributed by atoms with E-state index >= 15 is 0 Å². The van der Waals surface area contributed by atoms with E-state index in [1.807, 2.05) is 0 Å². The first-order valence-electron chi connectivity index (χ1n) is 5.90. The van der Waals surface area contributed by atoms with Crippen LogP contribution >= 0.6 is 0 Å². The molecule has 6 heteroatoms. The molecule has 108 valence electrons. The number of hydrogen-bond donors (Lipinski definition) is 1.